The van der Waals surface area contributed by atoms with Crippen LogP contribution in [0.1, 0.15) is 41.6 Å². The van der Waals surface area contributed by atoms with Crippen LogP contribution in [0.5, 0.6) is 0 Å². The second-order valence-electron chi connectivity index (χ2n) is 5.41. The Kier molecular flexibility index (Phi) is 3.51. The molecule has 2 aliphatic heterocycles. The van der Waals surface area contributed by atoms with Crippen LogP contribution in [0.4, 0.5) is 8.78 Å². The van der Waals surface area contributed by atoms with E-state index >= 15 is 0 Å². The SMILES string of the molecule is N#Cc1cc(F)c(C(=O)C2CC3CCC(C2)S3)cc1F. The highest BCUT2D eigenvalue weighted by molar-refractivity contribution is 8.00. The van der Waals surface area contributed by atoms with Gasteiger partial charge in [-0.05, 0) is 37.8 Å². The summed E-state index contributed by atoms with van der Waals surface area (Å²) in [6.45, 7) is 0. The lowest BCUT2D eigenvalue weighted by Crippen LogP contribution is -2.25. The molecule has 2 bridgehead atoms. The molecule has 104 valence electrons. The average Bonchev–Trinajstić information content (AvgIpc) is 2.78. The molecule has 20 heavy (non-hydrogen) atoms. The summed E-state index contributed by atoms with van der Waals surface area (Å²) in [4.78, 5) is 12.4. The van der Waals surface area contributed by atoms with Gasteiger partial charge in [0.2, 0.25) is 0 Å². The predicted octanol–water partition coefficient (Wildman–Crippen LogP) is 3.69. The molecule has 0 saturated carbocycles. The zero-order valence-electron chi connectivity index (χ0n) is 10.7. The number of hydrogen-bond acceptors (Lipinski definition) is 3. The van der Waals surface area contributed by atoms with Crippen molar-refractivity contribution in [3.8, 4) is 6.07 Å². The van der Waals surface area contributed by atoms with E-state index in [0.717, 1.165) is 37.8 Å². The van der Waals surface area contributed by atoms with Gasteiger partial charge in [0, 0.05) is 16.4 Å². The largest absolute Gasteiger partial charge is 0.294 e. The van der Waals surface area contributed by atoms with Gasteiger partial charge < -0.3 is 0 Å². The van der Waals surface area contributed by atoms with Crippen LogP contribution in [0, 0.1) is 28.9 Å². The van der Waals surface area contributed by atoms with Crippen LogP contribution < -0.4 is 0 Å². The number of nitrogens with zero attached hydrogens (tertiary/aromatic N) is 1. The first kappa shape index (κ1) is 13.6. The fourth-order valence-electron chi connectivity index (χ4n) is 3.11. The van der Waals surface area contributed by atoms with Crippen LogP contribution in [0.25, 0.3) is 0 Å². The minimum atomic E-state index is -0.828. The Morgan fingerprint density at radius 1 is 1.20 bits per heavy atom. The standard InChI is InChI=1S/C15H13F2NOS/c16-13-6-12(14(17)5-9(13)7-18)15(19)8-3-10-1-2-11(4-8)20-10/h5-6,8,10-11H,1-4H2. The zero-order valence-corrected chi connectivity index (χ0v) is 11.6. The molecule has 0 radical (unpaired) electrons. The summed E-state index contributed by atoms with van der Waals surface area (Å²) in [7, 11) is 0. The van der Waals surface area contributed by atoms with Gasteiger partial charge in [-0.2, -0.15) is 17.0 Å². The van der Waals surface area contributed by atoms with E-state index < -0.39 is 11.6 Å². The van der Waals surface area contributed by atoms with Crippen molar-refractivity contribution < 1.29 is 13.6 Å². The molecule has 0 N–H and O–H groups in total. The van der Waals surface area contributed by atoms with E-state index in [0.29, 0.717) is 10.5 Å². The molecule has 2 heterocycles. The molecule has 2 unspecified atom stereocenters. The third kappa shape index (κ3) is 2.33. The lowest BCUT2D eigenvalue weighted by atomic mass is 9.89. The quantitative estimate of drug-likeness (QED) is 0.781. The Balaban J connectivity index is 1.88. The van der Waals surface area contributed by atoms with Crippen molar-refractivity contribution in [1.29, 1.82) is 5.26 Å². The van der Waals surface area contributed by atoms with Crippen LogP contribution in [0.3, 0.4) is 0 Å². The molecular weight excluding hydrogens is 280 g/mol. The molecule has 0 spiro atoms. The number of rotatable bonds is 2. The van der Waals surface area contributed by atoms with E-state index in [4.69, 9.17) is 5.26 Å². The number of hydrogen-bond donors (Lipinski definition) is 0. The van der Waals surface area contributed by atoms with Crippen molar-refractivity contribution in [1.82, 2.24) is 0 Å². The Morgan fingerprint density at radius 2 is 1.85 bits per heavy atom. The fourth-order valence-corrected chi connectivity index (χ4v) is 4.89. The van der Waals surface area contributed by atoms with Gasteiger partial charge in [-0.15, -0.1) is 0 Å². The maximum Gasteiger partial charge on any atom is 0.169 e. The normalized spacial score (nSPS) is 28.1. The maximum absolute atomic E-state index is 13.9. The van der Waals surface area contributed by atoms with Gasteiger partial charge in [0.05, 0.1) is 11.1 Å². The number of nitriles is 1. The molecule has 2 nitrogen and oxygen atoms in total. The molecule has 2 atom stereocenters. The van der Waals surface area contributed by atoms with E-state index in [-0.39, 0.29) is 22.8 Å². The molecular formula is C15H13F2NOS. The molecule has 5 heteroatoms. The summed E-state index contributed by atoms with van der Waals surface area (Å²) in [6, 6.07) is 3.27. The summed E-state index contributed by atoms with van der Waals surface area (Å²) in [5.41, 5.74) is -0.573. The van der Waals surface area contributed by atoms with Gasteiger partial charge in [0.1, 0.15) is 17.7 Å². The van der Waals surface area contributed by atoms with E-state index in [9.17, 15) is 13.6 Å². The van der Waals surface area contributed by atoms with E-state index in [1.54, 1.807) is 6.07 Å². The minimum absolute atomic E-state index is 0.210. The van der Waals surface area contributed by atoms with E-state index in [1.807, 2.05) is 11.8 Å². The summed E-state index contributed by atoms with van der Waals surface area (Å²) < 4.78 is 27.5. The third-order valence-electron chi connectivity index (χ3n) is 4.10. The van der Waals surface area contributed by atoms with Gasteiger partial charge in [0.25, 0.3) is 0 Å². The van der Waals surface area contributed by atoms with Crippen LogP contribution in [0.2, 0.25) is 0 Å². The number of fused-ring (bicyclic) bond motifs is 2. The number of halogens is 2. The van der Waals surface area contributed by atoms with Gasteiger partial charge >= 0.3 is 0 Å². The zero-order chi connectivity index (χ0) is 14.3. The molecule has 3 rings (SSSR count). The number of Topliss-reactive ketones (excluding diaryl/α,β-unsaturated/α-hetero) is 1. The lowest BCUT2D eigenvalue weighted by Gasteiger charge is -2.26. The number of thioether (sulfide) groups is 1. The highest BCUT2D eigenvalue weighted by Crippen LogP contribution is 2.46. The monoisotopic (exact) mass is 293 g/mol. The topological polar surface area (TPSA) is 40.9 Å². The van der Waals surface area contributed by atoms with Crippen molar-refractivity contribution in [2.45, 2.75) is 36.2 Å². The Labute approximate surface area is 120 Å². The van der Waals surface area contributed by atoms with Crippen molar-refractivity contribution in [2.75, 3.05) is 0 Å². The number of carbonyl (C=O) groups is 1. The smallest absolute Gasteiger partial charge is 0.169 e. The van der Waals surface area contributed by atoms with E-state index in [1.165, 1.54) is 0 Å². The van der Waals surface area contributed by atoms with E-state index in [2.05, 4.69) is 0 Å². The lowest BCUT2D eigenvalue weighted by molar-refractivity contribution is 0.0902. The molecule has 0 aromatic heterocycles. The highest BCUT2D eigenvalue weighted by Gasteiger charge is 2.38. The summed E-state index contributed by atoms with van der Waals surface area (Å²) in [5.74, 6) is -2.15. The Hall–Kier alpha value is -1.41. The molecule has 2 aliphatic rings. The Morgan fingerprint density at radius 3 is 2.45 bits per heavy atom. The maximum atomic E-state index is 13.9. The molecule has 1 aromatic carbocycles. The van der Waals surface area contributed by atoms with Gasteiger partial charge in [-0.25, -0.2) is 8.78 Å². The van der Waals surface area contributed by atoms with Crippen molar-refractivity contribution in [2.24, 2.45) is 5.92 Å². The van der Waals surface area contributed by atoms with Gasteiger partial charge in [-0.3, -0.25) is 4.79 Å². The van der Waals surface area contributed by atoms with Crippen LogP contribution >= 0.6 is 11.8 Å². The van der Waals surface area contributed by atoms with Crippen LogP contribution in [-0.2, 0) is 0 Å². The molecule has 0 aliphatic carbocycles. The first-order valence-corrected chi connectivity index (χ1v) is 7.61. The second kappa shape index (κ2) is 5.17. The van der Waals surface area contributed by atoms with Crippen molar-refractivity contribution in [3.63, 3.8) is 0 Å². The molecule has 2 fully saturated rings. The predicted molar refractivity (Wildman–Crippen MR) is 72.5 cm³/mol. The second-order valence-corrected chi connectivity index (χ2v) is 7.02. The molecule has 1 aromatic rings. The first-order chi connectivity index (χ1) is 9.58. The average molecular weight is 293 g/mol. The third-order valence-corrected chi connectivity index (χ3v) is 5.73. The summed E-state index contributed by atoms with van der Waals surface area (Å²) in [5, 5.41) is 9.62. The van der Waals surface area contributed by atoms with Crippen molar-refractivity contribution >= 4 is 17.5 Å². The van der Waals surface area contributed by atoms with Gasteiger partial charge in [-0.1, -0.05) is 0 Å². The number of benzene rings is 1. The fraction of sp³-hybridized carbons (Fsp3) is 0.467. The minimum Gasteiger partial charge on any atom is -0.294 e. The first-order valence-electron chi connectivity index (χ1n) is 6.67. The number of ketones is 1. The number of carbonyl (C=O) groups excluding carboxylic acids is 1. The summed E-state index contributed by atoms with van der Waals surface area (Å²) >= 11 is 1.92. The Bertz CT molecular complexity index is 599. The molecule has 2 saturated heterocycles. The van der Waals surface area contributed by atoms with Crippen molar-refractivity contribution in [3.05, 3.63) is 34.9 Å². The van der Waals surface area contributed by atoms with Gasteiger partial charge in [0.15, 0.2) is 5.78 Å². The van der Waals surface area contributed by atoms with Crippen LogP contribution in [0.15, 0.2) is 12.1 Å². The highest BCUT2D eigenvalue weighted by atomic mass is 32.2. The summed E-state index contributed by atoms with van der Waals surface area (Å²) in [6.07, 6.45) is 3.73. The molecule has 0 amide bonds. The van der Waals surface area contributed by atoms with Crippen LogP contribution in [-0.4, -0.2) is 16.3 Å².